The first-order valence-corrected chi connectivity index (χ1v) is 6.77. The van der Waals surface area contributed by atoms with Crippen molar-refractivity contribution in [3.8, 4) is 0 Å². The number of nitrogens with zero attached hydrogens (tertiary/aromatic N) is 1. The number of aliphatic hydroxyl groups is 1. The first-order chi connectivity index (χ1) is 8.15. The number of aromatic nitrogens is 1. The van der Waals surface area contributed by atoms with Gasteiger partial charge >= 0.3 is 0 Å². The van der Waals surface area contributed by atoms with E-state index in [2.05, 4.69) is 20.9 Å². The Morgan fingerprint density at radius 3 is 2.65 bits per heavy atom. The highest BCUT2D eigenvalue weighted by Gasteiger charge is 2.22. The molecule has 1 N–H and O–H groups in total. The van der Waals surface area contributed by atoms with Crippen LogP contribution < -0.4 is 0 Å². The van der Waals surface area contributed by atoms with Gasteiger partial charge in [0.15, 0.2) is 5.78 Å². The van der Waals surface area contributed by atoms with Crippen LogP contribution in [-0.2, 0) is 0 Å². The third-order valence-corrected chi connectivity index (χ3v) is 3.77. The van der Waals surface area contributed by atoms with E-state index in [0.717, 1.165) is 30.2 Å². The van der Waals surface area contributed by atoms with E-state index in [1.165, 1.54) is 0 Å². The molecule has 2 rings (SSSR count). The average molecular weight is 298 g/mol. The Bertz CT molecular complexity index is 383. The zero-order valence-corrected chi connectivity index (χ0v) is 11.2. The van der Waals surface area contributed by atoms with E-state index in [-0.39, 0.29) is 11.9 Å². The topological polar surface area (TPSA) is 50.2 Å². The van der Waals surface area contributed by atoms with Crippen molar-refractivity contribution in [3.05, 3.63) is 28.5 Å². The first kappa shape index (κ1) is 12.7. The van der Waals surface area contributed by atoms with Crippen molar-refractivity contribution >= 4 is 21.7 Å². The number of carbonyl (C=O) groups excluding carboxylic acids is 1. The molecule has 3 nitrogen and oxygen atoms in total. The predicted molar refractivity (Wildman–Crippen MR) is 68.8 cm³/mol. The molecule has 0 spiro atoms. The quantitative estimate of drug-likeness (QED) is 0.873. The summed E-state index contributed by atoms with van der Waals surface area (Å²) in [6, 6.07) is 3.59. The molecule has 0 amide bonds. The lowest BCUT2D eigenvalue weighted by Gasteiger charge is -2.24. The van der Waals surface area contributed by atoms with Gasteiger partial charge in [-0.05, 0) is 59.7 Å². The number of ketones is 1. The van der Waals surface area contributed by atoms with Crippen molar-refractivity contribution in [3.63, 3.8) is 0 Å². The maximum atomic E-state index is 12.0. The summed E-state index contributed by atoms with van der Waals surface area (Å²) < 4.78 is 0.884. The molecule has 0 radical (unpaired) electrons. The second-order valence-corrected chi connectivity index (χ2v) is 5.58. The third-order valence-electron chi connectivity index (χ3n) is 3.30. The van der Waals surface area contributed by atoms with Crippen LogP contribution in [0.4, 0.5) is 0 Å². The lowest BCUT2D eigenvalue weighted by molar-refractivity contribution is 0.0856. The molecule has 4 heteroatoms. The number of carbonyl (C=O) groups is 1. The van der Waals surface area contributed by atoms with Gasteiger partial charge in [-0.3, -0.25) is 9.78 Å². The Kier molecular flexibility index (Phi) is 4.29. The normalized spacial score (nSPS) is 24.6. The Hall–Kier alpha value is -0.740. The van der Waals surface area contributed by atoms with Crippen molar-refractivity contribution in [2.45, 2.75) is 38.2 Å². The van der Waals surface area contributed by atoms with Crippen molar-refractivity contribution in [1.29, 1.82) is 0 Å². The fraction of sp³-hybridized carbons (Fsp3) is 0.538. The molecule has 1 heterocycles. The van der Waals surface area contributed by atoms with Gasteiger partial charge in [-0.2, -0.15) is 0 Å². The molecule has 17 heavy (non-hydrogen) atoms. The van der Waals surface area contributed by atoms with E-state index in [1.807, 2.05) is 6.07 Å². The number of hydrogen-bond acceptors (Lipinski definition) is 3. The summed E-state index contributed by atoms with van der Waals surface area (Å²) in [4.78, 5) is 16.1. The number of pyridine rings is 1. The smallest absolute Gasteiger partial charge is 0.181 e. The zero-order valence-electron chi connectivity index (χ0n) is 9.60. The van der Waals surface area contributed by atoms with E-state index in [1.54, 1.807) is 12.3 Å². The van der Waals surface area contributed by atoms with Crippen LogP contribution in [0, 0.1) is 5.92 Å². The van der Waals surface area contributed by atoms with Gasteiger partial charge in [0, 0.05) is 17.1 Å². The molecular formula is C13H16BrNO2. The molecule has 0 bridgehead atoms. The highest BCUT2D eigenvalue weighted by atomic mass is 79.9. The molecule has 0 aromatic carbocycles. The molecule has 1 aliphatic rings. The zero-order chi connectivity index (χ0) is 12.3. The highest BCUT2D eigenvalue weighted by molar-refractivity contribution is 9.10. The Morgan fingerprint density at radius 1 is 1.35 bits per heavy atom. The highest BCUT2D eigenvalue weighted by Crippen LogP contribution is 2.27. The molecule has 1 fully saturated rings. The van der Waals surface area contributed by atoms with Crippen molar-refractivity contribution in [2.24, 2.45) is 5.92 Å². The molecule has 1 saturated carbocycles. The van der Waals surface area contributed by atoms with Gasteiger partial charge in [-0.25, -0.2) is 0 Å². The lowest BCUT2D eigenvalue weighted by atomic mass is 9.84. The van der Waals surface area contributed by atoms with Crippen molar-refractivity contribution in [1.82, 2.24) is 4.98 Å². The van der Waals surface area contributed by atoms with E-state index < -0.39 is 0 Å². The molecule has 1 aromatic heterocycles. The number of Topliss-reactive ketones (excluding diaryl/α,β-unsaturated/α-hetero) is 1. The van der Waals surface area contributed by atoms with Gasteiger partial charge < -0.3 is 5.11 Å². The Morgan fingerprint density at radius 2 is 2.06 bits per heavy atom. The largest absolute Gasteiger partial charge is 0.393 e. The van der Waals surface area contributed by atoms with E-state index in [9.17, 15) is 9.90 Å². The minimum Gasteiger partial charge on any atom is -0.393 e. The van der Waals surface area contributed by atoms with Crippen LogP contribution >= 0.6 is 15.9 Å². The molecule has 1 aliphatic carbocycles. The summed E-state index contributed by atoms with van der Waals surface area (Å²) in [6.07, 6.45) is 5.59. The second kappa shape index (κ2) is 5.74. The monoisotopic (exact) mass is 297 g/mol. The first-order valence-electron chi connectivity index (χ1n) is 5.98. The molecule has 92 valence electrons. The molecule has 1 aromatic rings. The van der Waals surface area contributed by atoms with Crippen molar-refractivity contribution in [2.75, 3.05) is 0 Å². The number of rotatable bonds is 3. The summed E-state index contributed by atoms with van der Waals surface area (Å²) in [6.45, 7) is 0. The maximum Gasteiger partial charge on any atom is 0.181 e. The van der Waals surface area contributed by atoms with Gasteiger partial charge in [0.2, 0.25) is 0 Å². The van der Waals surface area contributed by atoms with Crippen LogP contribution in [0.5, 0.6) is 0 Å². The Labute approximate surface area is 109 Å². The van der Waals surface area contributed by atoms with Crippen molar-refractivity contribution < 1.29 is 9.90 Å². The molecule has 0 unspecified atom stereocenters. The average Bonchev–Trinajstić information content (AvgIpc) is 2.33. The summed E-state index contributed by atoms with van der Waals surface area (Å²) in [5, 5.41) is 9.41. The van der Waals surface area contributed by atoms with Crippen LogP contribution in [0.3, 0.4) is 0 Å². The van der Waals surface area contributed by atoms with Crippen LogP contribution in [0.25, 0.3) is 0 Å². The predicted octanol–water partition coefficient (Wildman–Crippen LogP) is 2.97. The standard InChI is InChI=1S/C13H16BrNO2/c14-10-3-6-12(15-8-10)13(17)7-9-1-4-11(16)5-2-9/h3,6,8-9,11,16H,1-2,4-5,7H2. The Balaban J connectivity index is 1.91. The number of hydrogen-bond donors (Lipinski definition) is 1. The van der Waals surface area contributed by atoms with Crippen LogP contribution in [0.1, 0.15) is 42.6 Å². The van der Waals surface area contributed by atoms with Gasteiger partial charge in [0.1, 0.15) is 5.69 Å². The fourth-order valence-corrected chi connectivity index (χ4v) is 2.49. The third kappa shape index (κ3) is 3.61. The number of halogens is 1. The maximum absolute atomic E-state index is 12.0. The molecular weight excluding hydrogens is 282 g/mol. The van der Waals surface area contributed by atoms with Crippen LogP contribution in [-0.4, -0.2) is 22.0 Å². The molecule has 0 aliphatic heterocycles. The van der Waals surface area contributed by atoms with E-state index >= 15 is 0 Å². The van der Waals surface area contributed by atoms with Gasteiger partial charge in [-0.1, -0.05) is 0 Å². The van der Waals surface area contributed by atoms with Crippen LogP contribution in [0.15, 0.2) is 22.8 Å². The molecule has 0 atom stereocenters. The number of aliphatic hydroxyl groups excluding tert-OH is 1. The summed E-state index contributed by atoms with van der Waals surface area (Å²) in [5.41, 5.74) is 0.541. The SMILES string of the molecule is O=C(CC1CCC(O)CC1)c1ccc(Br)cn1. The minimum absolute atomic E-state index is 0.110. The van der Waals surface area contributed by atoms with Gasteiger partial charge in [-0.15, -0.1) is 0 Å². The second-order valence-electron chi connectivity index (χ2n) is 4.66. The van der Waals surface area contributed by atoms with Gasteiger partial charge in [0.05, 0.1) is 6.10 Å². The van der Waals surface area contributed by atoms with E-state index in [0.29, 0.717) is 18.0 Å². The van der Waals surface area contributed by atoms with Crippen LogP contribution in [0.2, 0.25) is 0 Å². The minimum atomic E-state index is -0.160. The molecule has 0 saturated heterocycles. The summed E-state index contributed by atoms with van der Waals surface area (Å²) in [7, 11) is 0. The lowest BCUT2D eigenvalue weighted by Crippen LogP contribution is -2.20. The van der Waals surface area contributed by atoms with Gasteiger partial charge in [0.25, 0.3) is 0 Å². The summed E-state index contributed by atoms with van der Waals surface area (Å²) >= 11 is 3.30. The fourth-order valence-electron chi connectivity index (χ4n) is 2.26. The summed E-state index contributed by atoms with van der Waals surface area (Å²) in [5.74, 6) is 0.523. The van der Waals surface area contributed by atoms with E-state index in [4.69, 9.17) is 0 Å².